The predicted molar refractivity (Wildman–Crippen MR) is 139 cm³/mol. The number of hydrogen-bond acceptors (Lipinski definition) is 7. The van der Waals surface area contributed by atoms with Crippen LogP contribution in [0.4, 0.5) is 8.78 Å². The van der Waals surface area contributed by atoms with Crippen molar-refractivity contribution >= 4 is 17.5 Å². The minimum absolute atomic E-state index is 0.0310. The van der Waals surface area contributed by atoms with Gasteiger partial charge in [0.15, 0.2) is 11.6 Å². The lowest BCUT2D eigenvalue weighted by molar-refractivity contribution is -0.140. The van der Waals surface area contributed by atoms with Crippen LogP contribution in [-0.2, 0) is 11.3 Å². The van der Waals surface area contributed by atoms with Crippen molar-refractivity contribution < 1.29 is 23.4 Å². The van der Waals surface area contributed by atoms with Gasteiger partial charge >= 0.3 is 6.01 Å². The second-order valence-corrected chi connectivity index (χ2v) is 9.95. The zero-order valence-corrected chi connectivity index (χ0v) is 22.0. The summed E-state index contributed by atoms with van der Waals surface area (Å²) >= 11 is 6.41. The van der Waals surface area contributed by atoms with Gasteiger partial charge in [-0.05, 0) is 49.9 Å². The molecule has 0 saturated heterocycles. The first-order valence-corrected chi connectivity index (χ1v) is 13.0. The maximum Gasteiger partial charge on any atom is 0.318 e. The molecule has 0 unspecified atom stereocenters. The van der Waals surface area contributed by atoms with Crippen LogP contribution in [0.2, 0.25) is 5.02 Å². The molecule has 2 aromatic heterocycles. The smallest absolute Gasteiger partial charge is 0.318 e. The fraction of sp³-hybridized carbons (Fsp3) is 0.444. The number of ether oxygens (including phenoxy) is 1. The van der Waals surface area contributed by atoms with Crippen LogP contribution in [-0.4, -0.2) is 43.5 Å². The third-order valence-electron chi connectivity index (χ3n) is 6.73. The van der Waals surface area contributed by atoms with Gasteiger partial charge in [-0.3, -0.25) is 4.79 Å². The van der Waals surface area contributed by atoms with E-state index in [1.165, 1.54) is 0 Å². The molecule has 202 valence electrons. The van der Waals surface area contributed by atoms with Crippen LogP contribution in [0.3, 0.4) is 0 Å². The number of aromatic nitrogens is 4. The Kier molecular flexibility index (Phi) is 8.71. The topological polar surface area (TPSA) is 110 Å². The molecular formula is C27H30ClF2N5O3. The Morgan fingerprint density at radius 3 is 2.55 bits per heavy atom. The number of nitrogens with zero attached hydrogens (tertiary/aromatic N) is 4. The van der Waals surface area contributed by atoms with Crippen molar-refractivity contribution in [3.63, 3.8) is 0 Å². The number of carbonyl (C=O) groups excluding carboxylic acids is 1. The number of halogens is 3. The lowest BCUT2D eigenvalue weighted by Crippen LogP contribution is -2.43. The number of alkyl halides is 2. The number of nitrogens with one attached hydrogen (secondary N) is 1. The summed E-state index contributed by atoms with van der Waals surface area (Å²) in [4.78, 5) is 29.5. The van der Waals surface area contributed by atoms with Gasteiger partial charge in [0.1, 0.15) is 5.41 Å². The highest BCUT2D eigenvalue weighted by Gasteiger charge is 2.48. The Balaban J connectivity index is 1.54. The van der Waals surface area contributed by atoms with E-state index in [-0.39, 0.29) is 37.1 Å². The molecule has 11 heteroatoms. The van der Waals surface area contributed by atoms with E-state index < -0.39 is 23.8 Å². The van der Waals surface area contributed by atoms with Crippen molar-refractivity contribution in [1.29, 1.82) is 0 Å². The van der Waals surface area contributed by atoms with Crippen LogP contribution in [0.15, 0.2) is 36.5 Å². The average molecular weight is 546 g/mol. The number of pyridine rings is 1. The molecule has 8 nitrogen and oxygen atoms in total. The molecule has 4 rings (SSSR count). The standard InChI is InChI=1S/C27H30ClF2N5O3/c1-3-6-16(2)38-21-10-8-18(15-31-21)22-33-23(35-26(37)34-22)19-13-17(7-9-20(19)28)14-32-25(36)27(24(29)30)11-4-5-12-27/h7-10,13,15-16,24H,3-6,11-12,14H2,1-2H3,(H,32,36)(H,33,34,35,37)/t16-/m0/s1. The molecule has 1 aliphatic rings. The molecule has 1 atom stereocenters. The van der Waals surface area contributed by atoms with Crippen molar-refractivity contribution in [2.24, 2.45) is 5.41 Å². The van der Waals surface area contributed by atoms with Gasteiger partial charge in [0.05, 0.1) is 11.1 Å². The number of carbonyl (C=O) groups is 1. The molecule has 0 spiro atoms. The van der Waals surface area contributed by atoms with Gasteiger partial charge < -0.3 is 15.2 Å². The van der Waals surface area contributed by atoms with E-state index >= 15 is 0 Å². The summed E-state index contributed by atoms with van der Waals surface area (Å²) in [6, 6.07) is 7.86. The quantitative estimate of drug-likeness (QED) is 0.323. The largest absolute Gasteiger partial charge is 0.479 e. The van der Waals surface area contributed by atoms with Crippen molar-refractivity contribution in [1.82, 2.24) is 25.3 Å². The van der Waals surface area contributed by atoms with Crippen molar-refractivity contribution in [3.05, 3.63) is 47.1 Å². The van der Waals surface area contributed by atoms with E-state index in [1.54, 1.807) is 36.5 Å². The molecule has 3 aromatic rings. The summed E-state index contributed by atoms with van der Waals surface area (Å²) in [6.07, 6.45) is 2.33. The highest BCUT2D eigenvalue weighted by molar-refractivity contribution is 6.33. The molecule has 38 heavy (non-hydrogen) atoms. The van der Waals surface area contributed by atoms with Gasteiger partial charge in [-0.25, -0.2) is 18.7 Å². The molecule has 2 N–H and O–H groups in total. The first kappa shape index (κ1) is 27.6. The Morgan fingerprint density at radius 1 is 1.16 bits per heavy atom. The summed E-state index contributed by atoms with van der Waals surface area (Å²) in [5, 5.41) is 13.2. The van der Waals surface area contributed by atoms with Gasteiger partial charge in [0.2, 0.25) is 11.8 Å². The highest BCUT2D eigenvalue weighted by atomic mass is 35.5. The molecule has 1 fully saturated rings. The summed E-state index contributed by atoms with van der Waals surface area (Å²) in [5.74, 6) is 0.119. The van der Waals surface area contributed by atoms with E-state index in [4.69, 9.17) is 16.3 Å². The van der Waals surface area contributed by atoms with Crippen LogP contribution in [0, 0.1) is 5.41 Å². The second kappa shape index (κ2) is 12.0. The SMILES string of the molecule is CCC[C@H](C)Oc1ccc(-c2nc(O)nc(-c3cc(CNC(=O)C4(C(F)F)CCCC4)ccc3Cl)n2)cn1. The zero-order valence-electron chi connectivity index (χ0n) is 21.3. The van der Waals surface area contributed by atoms with Gasteiger partial charge in [0, 0.05) is 29.9 Å². The monoisotopic (exact) mass is 545 g/mol. The number of amides is 1. The van der Waals surface area contributed by atoms with E-state index in [9.17, 15) is 18.7 Å². The Bertz CT molecular complexity index is 1270. The van der Waals surface area contributed by atoms with Gasteiger partial charge in [0.25, 0.3) is 6.43 Å². The lowest BCUT2D eigenvalue weighted by atomic mass is 9.85. The van der Waals surface area contributed by atoms with E-state index in [2.05, 4.69) is 32.2 Å². The Morgan fingerprint density at radius 2 is 1.89 bits per heavy atom. The van der Waals surface area contributed by atoms with Crippen LogP contribution in [0.25, 0.3) is 22.8 Å². The number of aromatic hydroxyl groups is 1. The Labute approximate surface area is 224 Å². The first-order chi connectivity index (χ1) is 18.2. The molecule has 0 aliphatic heterocycles. The lowest BCUT2D eigenvalue weighted by Gasteiger charge is -2.26. The van der Waals surface area contributed by atoms with Crippen LogP contribution in [0.1, 0.15) is 57.9 Å². The van der Waals surface area contributed by atoms with E-state index in [1.807, 2.05) is 6.92 Å². The Hall–Kier alpha value is -3.40. The second-order valence-electron chi connectivity index (χ2n) is 9.55. The summed E-state index contributed by atoms with van der Waals surface area (Å²) in [6.45, 7) is 4.09. The minimum Gasteiger partial charge on any atom is -0.479 e. The maximum atomic E-state index is 13.7. The fourth-order valence-electron chi connectivity index (χ4n) is 4.63. The first-order valence-electron chi connectivity index (χ1n) is 12.6. The molecule has 1 aromatic carbocycles. The highest BCUT2D eigenvalue weighted by Crippen LogP contribution is 2.43. The number of hydrogen-bond donors (Lipinski definition) is 2. The number of rotatable bonds is 10. The molecular weight excluding hydrogens is 516 g/mol. The van der Waals surface area contributed by atoms with Crippen LogP contribution < -0.4 is 10.1 Å². The third kappa shape index (κ3) is 6.18. The molecule has 1 aliphatic carbocycles. The molecule has 2 heterocycles. The molecule has 0 bridgehead atoms. The van der Waals surface area contributed by atoms with Gasteiger partial charge in [-0.1, -0.05) is 43.9 Å². The molecule has 0 radical (unpaired) electrons. The fourth-order valence-corrected chi connectivity index (χ4v) is 4.83. The normalized spacial score (nSPS) is 15.4. The van der Waals surface area contributed by atoms with Crippen molar-refractivity contribution in [2.45, 2.75) is 71.4 Å². The van der Waals surface area contributed by atoms with E-state index in [0.29, 0.717) is 40.4 Å². The minimum atomic E-state index is -2.72. The van der Waals surface area contributed by atoms with Crippen molar-refractivity contribution in [3.8, 4) is 34.7 Å². The van der Waals surface area contributed by atoms with Gasteiger partial charge in [-0.15, -0.1) is 0 Å². The summed E-state index contributed by atoms with van der Waals surface area (Å²) in [5.41, 5.74) is -0.0887. The average Bonchev–Trinajstić information content (AvgIpc) is 3.40. The zero-order chi connectivity index (χ0) is 27.3. The summed E-state index contributed by atoms with van der Waals surface area (Å²) in [7, 11) is 0. The molecule has 1 amide bonds. The van der Waals surface area contributed by atoms with Crippen LogP contribution in [0.5, 0.6) is 11.9 Å². The van der Waals surface area contributed by atoms with Gasteiger partial charge in [-0.2, -0.15) is 9.97 Å². The maximum absolute atomic E-state index is 13.7. The third-order valence-corrected chi connectivity index (χ3v) is 7.06. The summed E-state index contributed by atoms with van der Waals surface area (Å²) < 4.78 is 33.2. The van der Waals surface area contributed by atoms with Crippen molar-refractivity contribution in [2.75, 3.05) is 0 Å². The van der Waals surface area contributed by atoms with Crippen LogP contribution >= 0.6 is 11.6 Å². The predicted octanol–water partition coefficient (Wildman–Crippen LogP) is 5.97. The molecule has 1 saturated carbocycles. The van der Waals surface area contributed by atoms with E-state index in [0.717, 1.165) is 12.8 Å². The number of benzene rings is 1.